The van der Waals surface area contributed by atoms with Crippen molar-refractivity contribution in [3.05, 3.63) is 65.0 Å². The van der Waals surface area contributed by atoms with Crippen LogP contribution in [0.2, 0.25) is 0 Å². The quantitative estimate of drug-likeness (QED) is 0.548. The zero-order valence-corrected chi connectivity index (χ0v) is 14.7. The van der Waals surface area contributed by atoms with Crippen molar-refractivity contribution in [3.8, 4) is 0 Å². The molecule has 124 valence electrons. The molecular formula is C20H21NO2S. The van der Waals surface area contributed by atoms with Crippen LogP contribution in [-0.4, -0.2) is 12.6 Å². The van der Waals surface area contributed by atoms with Gasteiger partial charge in [0.2, 0.25) is 0 Å². The van der Waals surface area contributed by atoms with Gasteiger partial charge in [-0.05, 0) is 49.1 Å². The predicted molar refractivity (Wildman–Crippen MR) is 100 cm³/mol. The van der Waals surface area contributed by atoms with Crippen LogP contribution < -0.4 is 5.73 Å². The van der Waals surface area contributed by atoms with Gasteiger partial charge in [0.05, 0.1) is 12.0 Å². The highest BCUT2D eigenvalue weighted by molar-refractivity contribution is 7.19. The molecule has 1 atom stereocenters. The number of rotatable bonds is 5. The number of nitrogens with two attached hydrogens (primary N) is 1. The maximum Gasteiger partial charge on any atom is 0.316 e. The number of thiophene rings is 1. The van der Waals surface area contributed by atoms with Gasteiger partial charge in [0.15, 0.2) is 0 Å². The first-order valence-electron chi connectivity index (χ1n) is 8.03. The van der Waals surface area contributed by atoms with Crippen LogP contribution in [0.1, 0.15) is 24.3 Å². The minimum Gasteiger partial charge on any atom is -0.465 e. The normalized spacial score (nSPS) is 13.6. The van der Waals surface area contributed by atoms with Crippen LogP contribution in [-0.2, 0) is 21.4 Å². The highest BCUT2D eigenvalue weighted by Gasteiger charge is 2.37. The van der Waals surface area contributed by atoms with Gasteiger partial charge < -0.3 is 10.5 Å². The highest BCUT2D eigenvalue weighted by Crippen LogP contribution is 2.35. The number of nitrogen functional groups attached to an aromatic ring is 1. The van der Waals surface area contributed by atoms with Gasteiger partial charge in [-0.3, -0.25) is 4.79 Å². The summed E-state index contributed by atoms with van der Waals surface area (Å²) in [6, 6.07) is 17.9. The molecule has 0 amide bonds. The molecule has 0 fully saturated rings. The standard InChI is InChI=1S/C20H21NO2S/c1-3-23-19(22)20(2,15-8-6-9-16(21)12-15)13-17-11-14-7-4-5-10-18(14)24-17/h4-12H,3,13,21H2,1-2H3. The lowest BCUT2D eigenvalue weighted by molar-refractivity contribution is -0.149. The zero-order chi connectivity index (χ0) is 17.2. The third-order valence-corrected chi connectivity index (χ3v) is 5.37. The summed E-state index contributed by atoms with van der Waals surface area (Å²) in [5.41, 5.74) is 6.72. The predicted octanol–water partition coefficient (Wildman–Crippen LogP) is 4.55. The van der Waals surface area contributed by atoms with Gasteiger partial charge in [-0.1, -0.05) is 30.3 Å². The summed E-state index contributed by atoms with van der Waals surface area (Å²) in [4.78, 5) is 13.9. The summed E-state index contributed by atoms with van der Waals surface area (Å²) < 4.78 is 6.60. The Morgan fingerprint density at radius 1 is 1.17 bits per heavy atom. The Balaban J connectivity index is 2.02. The van der Waals surface area contributed by atoms with E-state index in [0.29, 0.717) is 18.7 Å². The fraction of sp³-hybridized carbons (Fsp3) is 0.250. The number of hydrogen-bond donors (Lipinski definition) is 1. The molecule has 0 radical (unpaired) electrons. The molecule has 2 N–H and O–H groups in total. The monoisotopic (exact) mass is 339 g/mol. The number of carbonyl (C=O) groups is 1. The molecule has 1 aromatic heterocycles. The summed E-state index contributed by atoms with van der Waals surface area (Å²) in [5, 5.41) is 1.20. The average molecular weight is 339 g/mol. The van der Waals surface area contributed by atoms with Gasteiger partial charge in [-0.2, -0.15) is 0 Å². The molecule has 3 nitrogen and oxygen atoms in total. The smallest absolute Gasteiger partial charge is 0.316 e. The number of benzene rings is 2. The van der Waals surface area contributed by atoms with E-state index < -0.39 is 5.41 Å². The van der Waals surface area contributed by atoms with E-state index in [0.717, 1.165) is 10.4 Å². The van der Waals surface area contributed by atoms with E-state index in [2.05, 4.69) is 18.2 Å². The molecule has 0 bridgehead atoms. The number of hydrogen-bond acceptors (Lipinski definition) is 4. The number of esters is 1. The van der Waals surface area contributed by atoms with Crippen molar-refractivity contribution in [2.45, 2.75) is 25.7 Å². The lowest BCUT2D eigenvalue weighted by atomic mass is 9.79. The molecule has 24 heavy (non-hydrogen) atoms. The second-order valence-corrected chi connectivity index (χ2v) is 7.27. The van der Waals surface area contributed by atoms with E-state index in [1.807, 2.05) is 50.2 Å². The van der Waals surface area contributed by atoms with Gasteiger partial charge in [0, 0.05) is 21.7 Å². The van der Waals surface area contributed by atoms with Crippen LogP contribution in [0.25, 0.3) is 10.1 Å². The Bertz CT molecular complexity index is 838. The Kier molecular flexibility index (Phi) is 4.58. The minimum absolute atomic E-state index is 0.215. The van der Waals surface area contributed by atoms with Crippen molar-refractivity contribution < 1.29 is 9.53 Å². The summed E-state index contributed by atoms with van der Waals surface area (Å²) in [6.07, 6.45) is 0.592. The van der Waals surface area contributed by atoms with Gasteiger partial charge in [-0.15, -0.1) is 11.3 Å². The van der Waals surface area contributed by atoms with E-state index in [1.54, 1.807) is 11.3 Å². The Morgan fingerprint density at radius 2 is 1.96 bits per heavy atom. The molecule has 0 aliphatic carbocycles. The molecule has 0 aliphatic heterocycles. The summed E-state index contributed by atoms with van der Waals surface area (Å²) >= 11 is 1.72. The molecule has 0 saturated carbocycles. The van der Waals surface area contributed by atoms with E-state index in [1.165, 1.54) is 10.1 Å². The minimum atomic E-state index is -0.758. The third-order valence-electron chi connectivity index (χ3n) is 4.25. The molecule has 0 saturated heterocycles. The maximum atomic E-state index is 12.7. The van der Waals surface area contributed by atoms with E-state index in [-0.39, 0.29) is 5.97 Å². The number of anilines is 1. The highest BCUT2D eigenvalue weighted by atomic mass is 32.1. The maximum absolute atomic E-state index is 12.7. The molecule has 1 unspecified atom stereocenters. The van der Waals surface area contributed by atoms with Gasteiger partial charge >= 0.3 is 5.97 Å². The first kappa shape index (κ1) is 16.5. The van der Waals surface area contributed by atoms with Crippen molar-refractivity contribution in [1.29, 1.82) is 0 Å². The molecule has 0 spiro atoms. The van der Waals surface area contributed by atoms with Crippen LogP contribution in [0.4, 0.5) is 5.69 Å². The van der Waals surface area contributed by atoms with Crippen molar-refractivity contribution in [2.75, 3.05) is 12.3 Å². The van der Waals surface area contributed by atoms with Crippen molar-refractivity contribution in [2.24, 2.45) is 0 Å². The average Bonchev–Trinajstić information content (AvgIpc) is 2.97. The van der Waals surface area contributed by atoms with E-state index in [9.17, 15) is 4.79 Å². The first-order chi connectivity index (χ1) is 11.5. The Morgan fingerprint density at radius 3 is 2.67 bits per heavy atom. The Labute approximate surface area is 146 Å². The molecular weight excluding hydrogens is 318 g/mol. The molecule has 3 rings (SSSR count). The van der Waals surface area contributed by atoms with Crippen LogP contribution in [0.3, 0.4) is 0 Å². The van der Waals surface area contributed by atoms with Crippen LogP contribution in [0.15, 0.2) is 54.6 Å². The molecule has 2 aromatic carbocycles. The topological polar surface area (TPSA) is 52.3 Å². The Hall–Kier alpha value is -2.33. The van der Waals surface area contributed by atoms with E-state index in [4.69, 9.17) is 10.5 Å². The lowest BCUT2D eigenvalue weighted by Crippen LogP contribution is -2.36. The summed E-state index contributed by atoms with van der Waals surface area (Å²) in [6.45, 7) is 4.13. The molecule has 0 aliphatic rings. The number of carbonyl (C=O) groups excluding carboxylic acids is 1. The van der Waals surface area contributed by atoms with Crippen LogP contribution in [0.5, 0.6) is 0 Å². The SMILES string of the molecule is CCOC(=O)C(C)(Cc1cc2ccccc2s1)c1cccc(N)c1. The lowest BCUT2D eigenvalue weighted by Gasteiger charge is -2.27. The zero-order valence-electron chi connectivity index (χ0n) is 13.9. The number of fused-ring (bicyclic) bond motifs is 1. The second-order valence-electron chi connectivity index (χ2n) is 6.11. The van der Waals surface area contributed by atoms with Crippen molar-refractivity contribution in [3.63, 3.8) is 0 Å². The molecule has 3 aromatic rings. The number of ether oxygens (including phenoxy) is 1. The third kappa shape index (κ3) is 3.15. The summed E-state index contributed by atoms with van der Waals surface area (Å²) in [5.74, 6) is -0.215. The summed E-state index contributed by atoms with van der Waals surface area (Å²) in [7, 11) is 0. The fourth-order valence-electron chi connectivity index (χ4n) is 2.94. The van der Waals surface area contributed by atoms with Crippen LogP contribution in [0, 0.1) is 0 Å². The molecule has 1 heterocycles. The van der Waals surface area contributed by atoms with Crippen LogP contribution >= 0.6 is 11.3 Å². The largest absolute Gasteiger partial charge is 0.465 e. The second kappa shape index (κ2) is 6.65. The van der Waals surface area contributed by atoms with Crippen molar-refractivity contribution >= 4 is 33.1 Å². The first-order valence-corrected chi connectivity index (χ1v) is 8.85. The molecule has 4 heteroatoms. The fourth-order valence-corrected chi connectivity index (χ4v) is 4.16. The van der Waals surface area contributed by atoms with E-state index >= 15 is 0 Å². The van der Waals surface area contributed by atoms with Gasteiger partial charge in [0.1, 0.15) is 0 Å². The van der Waals surface area contributed by atoms with Gasteiger partial charge in [-0.25, -0.2) is 0 Å². The van der Waals surface area contributed by atoms with Gasteiger partial charge in [0.25, 0.3) is 0 Å². The van der Waals surface area contributed by atoms with Crippen molar-refractivity contribution in [1.82, 2.24) is 0 Å².